The zero-order chi connectivity index (χ0) is 14.7. The van der Waals surface area contributed by atoms with Crippen molar-refractivity contribution in [2.24, 2.45) is 0 Å². The van der Waals surface area contributed by atoms with Crippen LogP contribution in [0.4, 0.5) is 11.5 Å². The summed E-state index contributed by atoms with van der Waals surface area (Å²) in [4.78, 5) is 6.90. The van der Waals surface area contributed by atoms with Gasteiger partial charge in [0.2, 0.25) is 0 Å². The Morgan fingerprint density at radius 3 is 3.10 bits per heavy atom. The second kappa shape index (κ2) is 6.45. The van der Waals surface area contributed by atoms with Crippen molar-refractivity contribution >= 4 is 27.4 Å². The molecule has 0 bridgehead atoms. The summed E-state index contributed by atoms with van der Waals surface area (Å²) in [6.45, 7) is 2.43. The highest BCUT2D eigenvalue weighted by Crippen LogP contribution is 2.36. The van der Waals surface area contributed by atoms with E-state index in [2.05, 4.69) is 43.3 Å². The Morgan fingerprint density at radius 2 is 2.24 bits per heavy atom. The lowest BCUT2D eigenvalue weighted by Gasteiger charge is -2.25. The molecule has 1 aromatic heterocycles. The van der Waals surface area contributed by atoms with E-state index >= 15 is 0 Å². The van der Waals surface area contributed by atoms with Gasteiger partial charge in [0.05, 0.1) is 12.3 Å². The minimum atomic E-state index is 0.741. The number of para-hydroxylation sites is 2. The van der Waals surface area contributed by atoms with Crippen molar-refractivity contribution in [3.05, 3.63) is 46.6 Å². The van der Waals surface area contributed by atoms with Gasteiger partial charge >= 0.3 is 0 Å². The average molecular weight is 348 g/mol. The van der Waals surface area contributed by atoms with Gasteiger partial charge in [-0.3, -0.25) is 0 Å². The van der Waals surface area contributed by atoms with Crippen LogP contribution in [0.25, 0.3) is 0 Å². The van der Waals surface area contributed by atoms with Crippen molar-refractivity contribution in [3.63, 3.8) is 0 Å². The molecule has 0 saturated carbocycles. The number of ether oxygens (including phenoxy) is 1. The normalized spacial score (nSPS) is 14.3. The van der Waals surface area contributed by atoms with E-state index in [1.807, 2.05) is 31.4 Å². The first-order valence-corrected chi connectivity index (χ1v) is 7.87. The van der Waals surface area contributed by atoms with Crippen molar-refractivity contribution in [2.45, 2.75) is 13.0 Å². The van der Waals surface area contributed by atoms with Gasteiger partial charge in [-0.1, -0.05) is 12.1 Å². The summed E-state index contributed by atoms with van der Waals surface area (Å²) in [5, 5.41) is 3.21. The van der Waals surface area contributed by atoms with E-state index < -0.39 is 0 Å². The monoisotopic (exact) mass is 347 g/mol. The number of halogens is 1. The molecule has 1 aliphatic rings. The summed E-state index contributed by atoms with van der Waals surface area (Å²) in [7, 11) is 1.95. The van der Waals surface area contributed by atoms with E-state index in [0.29, 0.717) is 0 Å². The van der Waals surface area contributed by atoms with Crippen molar-refractivity contribution < 1.29 is 4.74 Å². The summed E-state index contributed by atoms with van der Waals surface area (Å²) >= 11 is 3.50. The van der Waals surface area contributed by atoms with Crippen LogP contribution in [0.15, 0.2) is 41.0 Å². The molecule has 1 aliphatic heterocycles. The largest absolute Gasteiger partial charge is 0.491 e. The zero-order valence-electron chi connectivity index (χ0n) is 12.0. The Bertz CT molecular complexity index is 633. The van der Waals surface area contributed by atoms with Crippen molar-refractivity contribution in [2.75, 3.05) is 25.1 Å². The van der Waals surface area contributed by atoms with E-state index in [1.54, 1.807) is 0 Å². The molecule has 0 amide bonds. The van der Waals surface area contributed by atoms with Crippen LogP contribution in [0.1, 0.15) is 12.0 Å². The van der Waals surface area contributed by atoms with Gasteiger partial charge in [0.15, 0.2) is 0 Å². The highest BCUT2D eigenvalue weighted by atomic mass is 79.9. The van der Waals surface area contributed by atoms with Crippen LogP contribution in [-0.4, -0.2) is 25.2 Å². The smallest absolute Gasteiger partial charge is 0.142 e. The summed E-state index contributed by atoms with van der Waals surface area (Å²) in [5.41, 5.74) is 2.26. The molecular weight excluding hydrogens is 330 g/mol. The van der Waals surface area contributed by atoms with Crippen LogP contribution in [0, 0.1) is 0 Å². The first-order valence-electron chi connectivity index (χ1n) is 7.08. The molecule has 0 fully saturated rings. The quantitative estimate of drug-likeness (QED) is 0.922. The molecule has 0 unspecified atom stereocenters. The summed E-state index contributed by atoms with van der Waals surface area (Å²) in [6, 6.07) is 10.3. The first kappa shape index (κ1) is 14.4. The van der Waals surface area contributed by atoms with Gasteiger partial charge < -0.3 is 15.0 Å². The maximum absolute atomic E-state index is 5.83. The van der Waals surface area contributed by atoms with Gasteiger partial charge in [-0.15, -0.1) is 0 Å². The van der Waals surface area contributed by atoms with Gasteiger partial charge in [0.1, 0.15) is 11.6 Å². The Morgan fingerprint density at radius 1 is 1.38 bits per heavy atom. The molecule has 4 nitrogen and oxygen atoms in total. The highest BCUT2D eigenvalue weighted by molar-refractivity contribution is 9.10. The third kappa shape index (κ3) is 3.04. The number of hydrogen-bond acceptors (Lipinski definition) is 4. The minimum absolute atomic E-state index is 0.741. The minimum Gasteiger partial charge on any atom is -0.491 e. The molecule has 0 spiro atoms. The van der Waals surface area contributed by atoms with E-state index in [0.717, 1.165) is 47.8 Å². The number of anilines is 2. The molecule has 0 aliphatic carbocycles. The number of nitrogens with one attached hydrogen (secondary N) is 1. The topological polar surface area (TPSA) is 37.4 Å². The summed E-state index contributed by atoms with van der Waals surface area (Å²) in [6.07, 6.45) is 2.83. The Labute approximate surface area is 133 Å². The molecule has 21 heavy (non-hydrogen) atoms. The number of pyridine rings is 1. The van der Waals surface area contributed by atoms with Crippen LogP contribution < -0.4 is 15.0 Å². The van der Waals surface area contributed by atoms with Gasteiger partial charge in [-0.05, 0) is 47.6 Å². The van der Waals surface area contributed by atoms with E-state index in [1.165, 1.54) is 5.56 Å². The molecular formula is C16H18BrN3O. The van der Waals surface area contributed by atoms with Gasteiger partial charge in [-0.2, -0.15) is 0 Å². The van der Waals surface area contributed by atoms with E-state index in [9.17, 15) is 0 Å². The second-order valence-corrected chi connectivity index (χ2v) is 5.90. The molecule has 0 radical (unpaired) electrons. The molecule has 0 saturated heterocycles. The maximum atomic E-state index is 5.83. The Balaban J connectivity index is 2.07. The summed E-state index contributed by atoms with van der Waals surface area (Å²) in [5.74, 6) is 1.92. The zero-order valence-corrected chi connectivity index (χ0v) is 13.6. The molecule has 2 aromatic rings. The first-order chi connectivity index (χ1) is 10.3. The SMILES string of the molecule is CNCc1cc(Br)cnc1N1CCCOc2ccccc21. The third-order valence-electron chi connectivity index (χ3n) is 3.47. The lowest BCUT2D eigenvalue weighted by molar-refractivity contribution is 0.322. The van der Waals surface area contributed by atoms with Crippen molar-refractivity contribution in [1.29, 1.82) is 0 Å². The standard InChI is InChI=1S/C16H18BrN3O/c1-18-10-12-9-13(17)11-19-16(12)20-7-4-8-21-15-6-3-2-5-14(15)20/h2-3,5-6,9,11,18H,4,7-8,10H2,1H3. The third-order valence-corrected chi connectivity index (χ3v) is 3.91. The number of aromatic nitrogens is 1. The van der Waals surface area contributed by atoms with Crippen LogP contribution in [0.5, 0.6) is 5.75 Å². The predicted octanol–water partition coefficient (Wildman–Crippen LogP) is 3.48. The number of nitrogens with zero attached hydrogens (tertiary/aromatic N) is 2. The van der Waals surface area contributed by atoms with E-state index in [-0.39, 0.29) is 0 Å². The fourth-order valence-corrected chi connectivity index (χ4v) is 2.96. The average Bonchev–Trinajstić information content (AvgIpc) is 2.70. The molecule has 2 heterocycles. The van der Waals surface area contributed by atoms with E-state index in [4.69, 9.17) is 4.74 Å². The molecule has 5 heteroatoms. The highest BCUT2D eigenvalue weighted by Gasteiger charge is 2.20. The molecule has 1 aromatic carbocycles. The lowest BCUT2D eigenvalue weighted by atomic mass is 10.2. The number of hydrogen-bond donors (Lipinski definition) is 1. The molecule has 3 rings (SSSR count). The van der Waals surface area contributed by atoms with Crippen molar-refractivity contribution in [1.82, 2.24) is 10.3 Å². The van der Waals surface area contributed by atoms with Crippen molar-refractivity contribution in [3.8, 4) is 5.75 Å². The Hall–Kier alpha value is -1.59. The van der Waals surface area contributed by atoms with Gasteiger partial charge in [0, 0.05) is 29.3 Å². The Kier molecular flexibility index (Phi) is 4.41. The molecule has 1 N–H and O–H groups in total. The number of benzene rings is 1. The summed E-state index contributed by atoms with van der Waals surface area (Å²) < 4.78 is 6.83. The molecule has 110 valence electrons. The van der Waals surface area contributed by atoms with Gasteiger partial charge in [-0.25, -0.2) is 4.98 Å². The van der Waals surface area contributed by atoms with Crippen LogP contribution >= 0.6 is 15.9 Å². The van der Waals surface area contributed by atoms with Gasteiger partial charge in [0.25, 0.3) is 0 Å². The molecule has 0 atom stereocenters. The van der Waals surface area contributed by atoms with Crippen LogP contribution in [0.3, 0.4) is 0 Å². The van der Waals surface area contributed by atoms with Crippen LogP contribution in [-0.2, 0) is 6.54 Å². The van der Waals surface area contributed by atoms with Crippen LogP contribution in [0.2, 0.25) is 0 Å². The lowest BCUT2D eigenvalue weighted by Crippen LogP contribution is -2.22. The maximum Gasteiger partial charge on any atom is 0.142 e. The fraction of sp³-hybridized carbons (Fsp3) is 0.312. The number of fused-ring (bicyclic) bond motifs is 1. The fourth-order valence-electron chi connectivity index (χ4n) is 2.59. The number of rotatable bonds is 3. The predicted molar refractivity (Wildman–Crippen MR) is 88.3 cm³/mol. The second-order valence-electron chi connectivity index (χ2n) is 4.99.